The maximum atomic E-state index is 11.3. The molecule has 56 valence electrons. The fourth-order valence-electron chi connectivity index (χ4n) is 1.30. The van der Waals surface area contributed by atoms with Gasteiger partial charge in [-0.25, -0.2) is 0 Å². The Labute approximate surface area is 64.5 Å². The van der Waals surface area contributed by atoms with E-state index in [2.05, 4.69) is 6.58 Å². The first-order chi connectivity index (χ1) is 5.29. The highest BCUT2D eigenvalue weighted by molar-refractivity contribution is 6.09. The van der Waals surface area contributed by atoms with Crippen molar-refractivity contribution < 1.29 is 9.21 Å². The van der Waals surface area contributed by atoms with E-state index in [9.17, 15) is 4.79 Å². The molecule has 0 unspecified atom stereocenters. The van der Waals surface area contributed by atoms with Crippen LogP contribution in [0.25, 0.3) is 0 Å². The van der Waals surface area contributed by atoms with E-state index in [0.29, 0.717) is 11.1 Å². The van der Waals surface area contributed by atoms with Gasteiger partial charge in [-0.1, -0.05) is 6.58 Å². The van der Waals surface area contributed by atoms with Crippen molar-refractivity contribution >= 4 is 5.78 Å². The predicted octanol–water partition coefficient (Wildman–Crippen LogP) is 1.96. The Bertz CT molecular complexity index is 320. The van der Waals surface area contributed by atoms with Crippen molar-refractivity contribution in [1.29, 1.82) is 0 Å². The zero-order chi connectivity index (χ0) is 7.84. The number of hydrogen-bond acceptors (Lipinski definition) is 2. The first kappa shape index (κ1) is 6.40. The van der Waals surface area contributed by atoms with Gasteiger partial charge in [-0.05, 0) is 18.1 Å². The molecule has 1 aliphatic carbocycles. The maximum absolute atomic E-state index is 11.3. The number of fused-ring (bicyclic) bond motifs is 1. The highest BCUT2D eigenvalue weighted by Gasteiger charge is 2.22. The number of carbonyl (C=O) groups excluding carboxylic acids is 1. The highest BCUT2D eigenvalue weighted by atomic mass is 16.3. The molecule has 1 aliphatic rings. The van der Waals surface area contributed by atoms with Crippen LogP contribution in [-0.2, 0) is 6.42 Å². The standard InChI is InChI=1S/C9H8O2/c1-6-2-3-8-7(9(6)10)4-5-11-8/h4-5H,1-3H2. The maximum Gasteiger partial charge on any atom is 0.191 e. The molecule has 0 saturated carbocycles. The quantitative estimate of drug-likeness (QED) is 0.526. The van der Waals surface area contributed by atoms with Gasteiger partial charge in [0.05, 0.1) is 11.8 Å². The summed E-state index contributed by atoms with van der Waals surface area (Å²) in [4.78, 5) is 11.3. The smallest absolute Gasteiger partial charge is 0.191 e. The number of carbonyl (C=O) groups is 1. The molecule has 0 N–H and O–H groups in total. The Balaban J connectivity index is 2.54. The van der Waals surface area contributed by atoms with E-state index in [4.69, 9.17) is 4.42 Å². The number of rotatable bonds is 0. The largest absolute Gasteiger partial charge is 0.469 e. The molecule has 1 aromatic heterocycles. The van der Waals surface area contributed by atoms with Gasteiger partial charge in [-0.2, -0.15) is 0 Å². The van der Waals surface area contributed by atoms with Crippen molar-refractivity contribution in [2.75, 3.05) is 0 Å². The fourth-order valence-corrected chi connectivity index (χ4v) is 1.30. The molecule has 11 heavy (non-hydrogen) atoms. The summed E-state index contributed by atoms with van der Waals surface area (Å²) in [6, 6.07) is 1.71. The number of allylic oxidation sites excluding steroid dienone is 1. The normalized spacial score (nSPS) is 16.7. The molecule has 1 aromatic rings. The van der Waals surface area contributed by atoms with Gasteiger partial charge >= 0.3 is 0 Å². The molecule has 0 aliphatic heterocycles. The summed E-state index contributed by atoms with van der Waals surface area (Å²) in [7, 11) is 0. The Morgan fingerprint density at radius 3 is 3.09 bits per heavy atom. The summed E-state index contributed by atoms with van der Waals surface area (Å²) in [6.45, 7) is 3.68. The van der Waals surface area contributed by atoms with Crippen LogP contribution in [0.4, 0.5) is 0 Å². The number of aryl methyl sites for hydroxylation is 1. The second kappa shape index (κ2) is 2.09. The molecular weight excluding hydrogens is 140 g/mol. The Hall–Kier alpha value is -1.31. The molecule has 0 radical (unpaired) electrons. The number of Topliss-reactive ketones (excluding diaryl/α,β-unsaturated/α-hetero) is 1. The van der Waals surface area contributed by atoms with Crippen molar-refractivity contribution in [3.05, 3.63) is 35.8 Å². The summed E-state index contributed by atoms with van der Waals surface area (Å²) < 4.78 is 5.11. The third kappa shape index (κ3) is 0.827. The van der Waals surface area contributed by atoms with Crippen LogP contribution < -0.4 is 0 Å². The van der Waals surface area contributed by atoms with Crippen LogP contribution in [0.5, 0.6) is 0 Å². The predicted molar refractivity (Wildman–Crippen MR) is 40.5 cm³/mol. The monoisotopic (exact) mass is 148 g/mol. The lowest BCUT2D eigenvalue weighted by molar-refractivity contribution is 0.102. The first-order valence-electron chi connectivity index (χ1n) is 3.58. The van der Waals surface area contributed by atoms with Crippen LogP contribution >= 0.6 is 0 Å². The Morgan fingerprint density at radius 2 is 2.27 bits per heavy atom. The molecule has 0 bridgehead atoms. The van der Waals surface area contributed by atoms with Gasteiger partial charge in [0, 0.05) is 6.42 Å². The number of ketones is 1. The highest BCUT2D eigenvalue weighted by Crippen LogP contribution is 2.24. The molecule has 0 saturated heterocycles. The number of furan rings is 1. The van der Waals surface area contributed by atoms with Gasteiger partial charge in [0.15, 0.2) is 5.78 Å². The van der Waals surface area contributed by atoms with E-state index in [1.165, 1.54) is 0 Å². The Morgan fingerprint density at radius 1 is 1.45 bits per heavy atom. The van der Waals surface area contributed by atoms with Crippen LogP contribution in [0.1, 0.15) is 22.5 Å². The van der Waals surface area contributed by atoms with Gasteiger partial charge in [0.25, 0.3) is 0 Å². The lowest BCUT2D eigenvalue weighted by Crippen LogP contribution is -2.10. The van der Waals surface area contributed by atoms with Crippen molar-refractivity contribution in [2.45, 2.75) is 12.8 Å². The van der Waals surface area contributed by atoms with E-state index in [1.54, 1.807) is 12.3 Å². The summed E-state index contributed by atoms with van der Waals surface area (Å²) >= 11 is 0. The van der Waals surface area contributed by atoms with E-state index >= 15 is 0 Å². The number of hydrogen-bond donors (Lipinski definition) is 0. The molecule has 0 fully saturated rings. The van der Waals surface area contributed by atoms with E-state index < -0.39 is 0 Å². The third-order valence-corrected chi connectivity index (χ3v) is 1.96. The van der Waals surface area contributed by atoms with Crippen LogP contribution in [0, 0.1) is 0 Å². The topological polar surface area (TPSA) is 30.2 Å². The van der Waals surface area contributed by atoms with E-state index in [1.807, 2.05) is 0 Å². The minimum absolute atomic E-state index is 0.0417. The molecule has 0 aromatic carbocycles. The first-order valence-corrected chi connectivity index (χ1v) is 3.58. The summed E-state index contributed by atoms with van der Waals surface area (Å²) in [6.07, 6.45) is 3.10. The molecule has 1 heterocycles. The Kier molecular flexibility index (Phi) is 1.22. The van der Waals surface area contributed by atoms with Crippen LogP contribution in [0.3, 0.4) is 0 Å². The second-order valence-electron chi connectivity index (χ2n) is 2.69. The van der Waals surface area contributed by atoms with Gasteiger partial charge in [0.1, 0.15) is 5.76 Å². The van der Waals surface area contributed by atoms with Gasteiger partial charge in [0.2, 0.25) is 0 Å². The van der Waals surface area contributed by atoms with Crippen molar-refractivity contribution in [2.24, 2.45) is 0 Å². The summed E-state index contributed by atoms with van der Waals surface area (Å²) in [5.74, 6) is 0.849. The van der Waals surface area contributed by atoms with E-state index in [0.717, 1.165) is 18.6 Å². The lowest BCUT2D eigenvalue weighted by Gasteiger charge is -2.09. The van der Waals surface area contributed by atoms with Gasteiger partial charge in [-0.3, -0.25) is 4.79 Å². The average molecular weight is 148 g/mol. The van der Waals surface area contributed by atoms with Crippen molar-refractivity contribution in [1.82, 2.24) is 0 Å². The van der Waals surface area contributed by atoms with Crippen molar-refractivity contribution in [3.63, 3.8) is 0 Å². The molecular formula is C9H8O2. The fraction of sp³-hybridized carbons (Fsp3) is 0.222. The molecule has 2 nitrogen and oxygen atoms in total. The van der Waals surface area contributed by atoms with Crippen LogP contribution in [0.2, 0.25) is 0 Å². The SMILES string of the molecule is C=C1CCc2occc2C1=O. The molecule has 0 atom stereocenters. The third-order valence-electron chi connectivity index (χ3n) is 1.96. The van der Waals surface area contributed by atoms with E-state index in [-0.39, 0.29) is 5.78 Å². The molecule has 0 amide bonds. The summed E-state index contributed by atoms with van der Waals surface area (Å²) in [5, 5.41) is 0. The van der Waals surface area contributed by atoms with Gasteiger partial charge < -0.3 is 4.42 Å². The van der Waals surface area contributed by atoms with Crippen LogP contribution in [0.15, 0.2) is 28.9 Å². The average Bonchev–Trinajstić information content (AvgIpc) is 2.45. The molecule has 2 heteroatoms. The minimum atomic E-state index is 0.0417. The van der Waals surface area contributed by atoms with Crippen LogP contribution in [-0.4, -0.2) is 5.78 Å². The molecule has 2 rings (SSSR count). The van der Waals surface area contributed by atoms with Gasteiger partial charge in [-0.15, -0.1) is 0 Å². The second-order valence-corrected chi connectivity index (χ2v) is 2.69. The molecule has 0 spiro atoms. The zero-order valence-electron chi connectivity index (χ0n) is 6.09. The zero-order valence-corrected chi connectivity index (χ0v) is 6.09. The van der Waals surface area contributed by atoms with Crippen molar-refractivity contribution in [3.8, 4) is 0 Å². The minimum Gasteiger partial charge on any atom is -0.469 e. The lowest BCUT2D eigenvalue weighted by atomic mass is 9.93. The summed E-state index contributed by atoms with van der Waals surface area (Å²) in [5.41, 5.74) is 1.39.